The van der Waals surface area contributed by atoms with E-state index >= 15 is 0 Å². The highest BCUT2D eigenvalue weighted by atomic mass is 16.5. The van der Waals surface area contributed by atoms with E-state index in [2.05, 4.69) is 11.8 Å². The first-order chi connectivity index (χ1) is 7.07. The molecule has 0 aromatic rings. The van der Waals surface area contributed by atoms with Gasteiger partial charge in [0, 0.05) is 26.2 Å². The van der Waals surface area contributed by atoms with Crippen molar-refractivity contribution >= 4 is 0 Å². The lowest BCUT2D eigenvalue weighted by Gasteiger charge is -2.31. The lowest BCUT2D eigenvalue weighted by Crippen LogP contribution is -2.47. The molecule has 1 heterocycles. The van der Waals surface area contributed by atoms with Gasteiger partial charge in [-0.2, -0.15) is 0 Å². The molecule has 0 bridgehead atoms. The van der Waals surface area contributed by atoms with Crippen LogP contribution in [0.2, 0.25) is 0 Å². The maximum atomic E-state index is 9.89. The van der Waals surface area contributed by atoms with Crippen LogP contribution >= 0.6 is 0 Å². The van der Waals surface area contributed by atoms with Crippen LogP contribution in [0.25, 0.3) is 0 Å². The summed E-state index contributed by atoms with van der Waals surface area (Å²) in [4.78, 5) is 2.21. The molecule has 0 aromatic heterocycles. The van der Waals surface area contributed by atoms with Gasteiger partial charge < -0.3 is 15.6 Å². The Morgan fingerprint density at radius 1 is 1.60 bits per heavy atom. The van der Waals surface area contributed by atoms with E-state index in [-0.39, 0.29) is 0 Å². The fraction of sp³-hybridized carbons (Fsp3) is 1.00. The zero-order valence-electron chi connectivity index (χ0n) is 9.91. The largest absolute Gasteiger partial charge is 0.388 e. The van der Waals surface area contributed by atoms with E-state index < -0.39 is 5.60 Å². The van der Waals surface area contributed by atoms with Gasteiger partial charge in [-0.3, -0.25) is 4.90 Å². The van der Waals surface area contributed by atoms with Gasteiger partial charge >= 0.3 is 0 Å². The van der Waals surface area contributed by atoms with Crippen LogP contribution < -0.4 is 5.73 Å². The predicted octanol–water partition coefficient (Wildman–Crippen LogP) is 0.197. The van der Waals surface area contributed by atoms with Crippen LogP contribution in [0.3, 0.4) is 0 Å². The third-order valence-electron chi connectivity index (χ3n) is 2.94. The molecule has 15 heavy (non-hydrogen) atoms. The average Bonchev–Trinajstić information content (AvgIpc) is 2.69. The van der Waals surface area contributed by atoms with Crippen LogP contribution in [-0.4, -0.2) is 54.5 Å². The fourth-order valence-corrected chi connectivity index (χ4v) is 1.93. The molecule has 2 atom stereocenters. The van der Waals surface area contributed by atoms with Gasteiger partial charge in [-0.05, 0) is 26.3 Å². The Hall–Kier alpha value is -0.160. The van der Waals surface area contributed by atoms with E-state index in [4.69, 9.17) is 10.5 Å². The third kappa shape index (κ3) is 4.47. The molecule has 1 fully saturated rings. The minimum absolute atomic E-state index is 0.301. The van der Waals surface area contributed by atoms with Crippen LogP contribution in [0.15, 0.2) is 0 Å². The minimum atomic E-state index is -0.783. The highest BCUT2D eigenvalue weighted by Crippen LogP contribution is 2.14. The van der Waals surface area contributed by atoms with Crippen molar-refractivity contribution in [2.24, 2.45) is 5.73 Å². The minimum Gasteiger partial charge on any atom is -0.388 e. The van der Waals surface area contributed by atoms with E-state index in [1.807, 2.05) is 0 Å². The summed E-state index contributed by atoms with van der Waals surface area (Å²) in [5, 5.41) is 9.89. The Morgan fingerprint density at radius 3 is 2.80 bits per heavy atom. The molecular formula is C11H24N2O2. The van der Waals surface area contributed by atoms with E-state index in [0.29, 0.717) is 19.2 Å². The fourth-order valence-electron chi connectivity index (χ4n) is 1.93. The molecule has 4 heteroatoms. The normalized spacial score (nSPS) is 25.8. The average molecular weight is 216 g/mol. The molecule has 4 nitrogen and oxygen atoms in total. The molecule has 1 rings (SSSR count). The smallest absolute Gasteiger partial charge is 0.0867 e. The first-order valence-corrected chi connectivity index (χ1v) is 5.84. The van der Waals surface area contributed by atoms with E-state index in [1.165, 1.54) is 0 Å². The maximum absolute atomic E-state index is 9.89. The molecule has 0 spiro atoms. The van der Waals surface area contributed by atoms with Gasteiger partial charge in [0.05, 0.1) is 11.7 Å². The van der Waals surface area contributed by atoms with E-state index in [1.54, 1.807) is 6.92 Å². The van der Waals surface area contributed by atoms with Crippen LogP contribution in [0.4, 0.5) is 0 Å². The highest BCUT2D eigenvalue weighted by Gasteiger charge is 2.24. The number of rotatable bonds is 6. The Kier molecular flexibility index (Phi) is 4.99. The number of ether oxygens (including phenoxy) is 1. The van der Waals surface area contributed by atoms with Crippen molar-refractivity contribution < 1.29 is 9.84 Å². The second kappa shape index (κ2) is 5.80. The predicted molar refractivity (Wildman–Crippen MR) is 60.8 cm³/mol. The van der Waals surface area contributed by atoms with Gasteiger partial charge in [-0.15, -0.1) is 0 Å². The molecule has 1 aliphatic heterocycles. The molecule has 90 valence electrons. The van der Waals surface area contributed by atoms with Crippen LogP contribution in [0.1, 0.15) is 26.7 Å². The van der Waals surface area contributed by atoms with Crippen molar-refractivity contribution in [3.05, 3.63) is 0 Å². The van der Waals surface area contributed by atoms with Gasteiger partial charge in [-0.25, -0.2) is 0 Å². The van der Waals surface area contributed by atoms with Crippen molar-refractivity contribution in [1.82, 2.24) is 4.90 Å². The quantitative estimate of drug-likeness (QED) is 0.666. The van der Waals surface area contributed by atoms with Gasteiger partial charge in [0.2, 0.25) is 0 Å². The molecule has 0 saturated carbocycles. The summed E-state index contributed by atoms with van der Waals surface area (Å²) in [6.07, 6.45) is 2.65. The lowest BCUT2D eigenvalue weighted by atomic mass is 10.1. The summed E-state index contributed by atoms with van der Waals surface area (Å²) in [5.74, 6) is 0. The van der Waals surface area contributed by atoms with Crippen molar-refractivity contribution in [1.29, 1.82) is 0 Å². The summed E-state index contributed by atoms with van der Waals surface area (Å²) in [6.45, 7) is 7.53. The first kappa shape index (κ1) is 12.9. The van der Waals surface area contributed by atoms with E-state index in [9.17, 15) is 5.11 Å². The monoisotopic (exact) mass is 216 g/mol. The molecule has 3 N–H and O–H groups in total. The number of nitrogens with zero attached hydrogens (tertiary/aromatic N) is 1. The zero-order valence-corrected chi connectivity index (χ0v) is 9.91. The molecule has 2 unspecified atom stereocenters. The standard InChI is InChI=1S/C11H24N2O2/c1-3-13(9-11(2,14)8-12)7-10-5-4-6-15-10/h10,14H,3-9,12H2,1-2H3. The van der Waals surface area contributed by atoms with Crippen molar-refractivity contribution in [2.75, 3.05) is 32.8 Å². The Morgan fingerprint density at radius 2 is 2.33 bits per heavy atom. The molecule has 1 saturated heterocycles. The summed E-state index contributed by atoms with van der Waals surface area (Å²) >= 11 is 0. The second-order valence-electron chi connectivity index (χ2n) is 4.66. The SMILES string of the molecule is CCN(CC1CCCO1)CC(C)(O)CN. The number of likely N-dealkylation sites (N-methyl/N-ethyl adjacent to an activating group) is 1. The Balaban J connectivity index is 2.34. The molecule has 1 aliphatic rings. The van der Waals surface area contributed by atoms with Gasteiger partial charge in [0.1, 0.15) is 0 Å². The number of aliphatic hydroxyl groups is 1. The molecule has 0 aromatic carbocycles. The molecule has 0 aliphatic carbocycles. The second-order valence-corrected chi connectivity index (χ2v) is 4.66. The Labute approximate surface area is 92.4 Å². The van der Waals surface area contributed by atoms with Crippen LogP contribution in [-0.2, 0) is 4.74 Å². The topological polar surface area (TPSA) is 58.7 Å². The molecule has 0 radical (unpaired) electrons. The van der Waals surface area contributed by atoms with E-state index in [0.717, 1.165) is 32.5 Å². The maximum Gasteiger partial charge on any atom is 0.0867 e. The van der Waals surface area contributed by atoms with Crippen molar-refractivity contribution in [2.45, 2.75) is 38.4 Å². The van der Waals surface area contributed by atoms with Gasteiger partial charge in [0.25, 0.3) is 0 Å². The third-order valence-corrected chi connectivity index (χ3v) is 2.94. The number of hydrogen-bond donors (Lipinski definition) is 2. The summed E-state index contributed by atoms with van der Waals surface area (Å²) in [6, 6.07) is 0. The summed E-state index contributed by atoms with van der Waals surface area (Å²) < 4.78 is 5.58. The lowest BCUT2D eigenvalue weighted by molar-refractivity contribution is 0.00776. The Bertz CT molecular complexity index is 179. The summed E-state index contributed by atoms with van der Waals surface area (Å²) in [7, 11) is 0. The van der Waals surface area contributed by atoms with Crippen molar-refractivity contribution in [3.63, 3.8) is 0 Å². The summed E-state index contributed by atoms with van der Waals surface area (Å²) in [5.41, 5.74) is 4.73. The number of nitrogens with two attached hydrogens (primary N) is 1. The van der Waals surface area contributed by atoms with Gasteiger partial charge in [0.15, 0.2) is 0 Å². The molecular weight excluding hydrogens is 192 g/mol. The van der Waals surface area contributed by atoms with Gasteiger partial charge in [-0.1, -0.05) is 6.92 Å². The highest BCUT2D eigenvalue weighted by molar-refractivity contribution is 4.80. The van der Waals surface area contributed by atoms with Crippen LogP contribution in [0, 0.1) is 0 Å². The van der Waals surface area contributed by atoms with Crippen LogP contribution in [0.5, 0.6) is 0 Å². The zero-order chi connectivity index (χ0) is 11.3. The first-order valence-electron chi connectivity index (χ1n) is 5.84. The van der Waals surface area contributed by atoms with Crippen molar-refractivity contribution in [3.8, 4) is 0 Å². The number of hydrogen-bond acceptors (Lipinski definition) is 4. The molecule has 0 amide bonds.